The predicted molar refractivity (Wildman–Crippen MR) is 107 cm³/mol. The molecule has 0 N–H and O–H groups in total. The van der Waals surface area contributed by atoms with E-state index in [1.165, 1.54) is 12.1 Å². The van der Waals surface area contributed by atoms with Crippen LogP contribution in [0.15, 0.2) is 66.7 Å². The summed E-state index contributed by atoms with van der Waals surface area (Å²) in [6.07, 6.45) is 0. The molecule has 0 radical (unpaired) electrons. The van der Waals surface area contributed by atoms with Crippen LogP contribution in [0.4, 0.5) is 5.69 Å². The first-order chi connectivity index (χ1) is 12.3. The molecule has 4 nitrogen and oxygen atoms in total. The third-order valence-electron chi connectivity index (χ3n) is 4.34. The molecule has 0 aliphatic rings. The number of hydrogen-bond donors (Lipinski definition) is 0. The molecular weight excluding hydrogens is 345 g/mol. The summed E-state index contributed by atoms with van der Waals surface area (Å²) in [4.78, 5) is 10.8. The fraction of sp³-hybridized carbons (Fsp3) is 0.143. The van der Waals surface area contributed by atoms with Crippen LogP contribution in [0, 0.1) is 30.9 Å². The third-order valence-corrected chi connectivity index (χ3v) is 7.34. The molecule has 1 atom stereocenters. The van der Waals surface area contributed by atoms with Gasteiger partial charge in [-0.3, -0.25) is 10.1 Å². The second-order valence-electron chi connectivity index (χ2n) is 6.57. The van der Waals surface area contributed by atoms with E-state index >= 15 is 0 Å². The summed E-state index contributed by atoms with van der Waals surface area (Å²) in [5.74, 6) is 0. The monoisotopic (exact) mass is 365 g/mol. The zero-order chi connectivity index (χ0) is 18.9. The van der Waals surface area contributed by atoms with Crippen LogP contribution in [0.1, 0.15) is 16.7 Å². The first kappa shape index (κ1) is 18.1. The van der Waals surface area contributed by atoms with Gasteiger partial charge in [0.1, 0.15) is 0 Å². The Morgan fingerprint density at radius 3 is 1.85 bits per heavy atom. The summed E-state index contributed by atoms with van der Waals surface area (Å²) >= 11 is 0. The van der Waals surface area contributed by atoms with Crippen molar-refractivity contribution in [2.45, 2.75) is 20.8 Å². The second kappa shape index (κ2) is 6.89. The van der Waals surface area contributed by atoms with Crippen LogP contribution < -0.4 is 15.9 Å². The largest absolute Gasteiger partial charge is 0.309 e. The quantitative estimate of drug-likeness (QED) is 0.396. The molecule has 3 aromatic rings. The number of nitro groups is 1. The van der Waals surface area contributed by atoms with Gasteiger partial charge in [-0.2, -0.15) is 0 Å². The molecule has 3 aromatic carbocycles. The third kappa shape index (κ3) is 3.33. The fourth-order valence-corrected chi connectivity index (χ4v) is 6.16. The standard InChI is InChI=1S/C21H20NO3P/c1-15-6-4-8-19(11-15)26(25,21-12-16(2)10-17(3)13-21)20-9-5-7-18(14-20)22(23)24/h4-14H,1-3H3. The predicted octanol–water partition coefficient (Wildman–Crippen LogP) is 4.16. The number of nitrogens with zero attached hydrogens (tertiary/aromatic N) is 1. The summed E-state index contributed by atoms with van der Waals surface area (Å²) in [6, 6.07) is 19.6. The number of aryl methyl sites for hydroxylation is 3. The van der Waals surface area contributed by atoms with Crippen LogP contribution >= 0.6 is 7.14 Å². The summed E-state index contributed by atoms with van der Waals surface area (Å²) < 4.78 is 14.4. The Bertz CT molecular complexity index is 1020. The van der Waals surface area contributed by atoms with Gasteiger partial charge < -0.3 is 4.57 Å². The Balaban J connectivity index is 2.35. The zero-order valence-electron chi connectivity index (χ0n) is 15.0. The van der Waals surface area contributed by atoms with Crippen LogP contribution in [-0.2, 0) is 4.57 Å². The molecule has 0 aliphatic heterocycles. The van der Waals surface area contributed by atoms with E-state index in [9.17, 15) is 14.7 Å². The maximum atomic E-state index is 14.4. The molecule has 3 rings (SSSR count). The highest BCUT2D eigenvalue weighted by Crippen LogP contribution is 2.43. The highest BCUT2D eigenvalue weighted by Gasteiger charge is 2.31. The molecule has 0 amide bonds. The Hall–Kier alpha value is -2.71. The molecule has 132 valence electrons. The van der Waals surface area contributed by atoms with Crippen molar-refractivity contribution in [3.8, 4) is 0 Å². The fourth-order valence-electron chi connectivity index (χ4n) is 3.21. The molecule has 5 heteroatoms. The minimum atomic E-state index is -3.23. The van der Waals surface area contributed by atoms with Gasteiger partial charge in [0.2, 0.25) is 0 Å². The van der Waals surface area contributed by atoms with Gasteiger partial charge in [0.15, 0.2) is 7.14 Å². The van der Waals surface area contributed by atoms with Crippen LogP contribution in [-0.4, -0.2) is 4.92 Å². The molecule has 0 heterocycles. The van der Waals surface area contributed by atoms with Gasteiger partial charge in [0.05, 0.1) is 4.92 Å². The molecular formula is C21H20NO3P. The van der Waals surface area contributed by atoms with Crippen molar-refractivity contribution in [1.82, 2.24) is 0 Å². The smallest absolute Gasteiger partial charge is 0.270 e. The average Bonchev–Trinajstić information content (AvgIpc) is 2.60. The number of rotatable bonds is 4. The molecule has 26 heavy (non-hydrogen) atoms. The molecule has 0 saturated heterocycles. The lowest BCUT2D eigenvalue weighted by Crippen LogP contribution is -2.26. The highest BCUT2D eigenvalue weighted by molar-refractivity contribution is 7.85. The average molecular weight is 365 g/mol. The number of benzene rings is 3. The van der Waals surface area contributed by atoms with E-state index in [0.29, 0.717) is 15.9 Å². The van der Waals surface area contributed by atoms with Crippen LogP contribution in [0.5, 0.6) is 0 Å². The first-order valence-electron chi connectivity index (χ1n) is 8.32. The topological polar surface area (TPSA) is 60.2 Å². The lowest BCUT2D eigenvalue weighted by atomic mass is 10.2. The van der Waals surface area contributed by atoms with E-state index in [1.807, 2.05) is 63.2 Å². The normalized spacial score (nSPS) is 13.2. The van der Waals surface area contributed by atoms with E-state index in [4.69, 9.17) is 0 Å². The van der Waals surface area contributed by atoms with Crippen LogP contribution in [0.25, 0.3) is 0 Å². The van der Waals surface area contributed by atoms with Gasteiger partial charge in [-0.05, 0) is 39.0 Å². The van der Waals surface area contributed by atoms with E-state index in [1.54, 1.807) is 12.1 Å². The van der Waals surface area contributed by atoms with Gasteiger partial charge in [-0.25, -0.2) is 0 Å². The number of nitro benzene ring substituents is 1. The number of non-ortho nitro benzene ring substituents is 1. The van der Waals surface area contributed by atoms with Crippen LogP contribution in [0.3, 0.4) is 0 Å². The Morgan fingerprint density at radius 1 is 0.731 bits per heavy atom. The van der Waals surface area contributed by atoms with Crippen molar-refractivity contribution in [2.24, 2.45) is 0 Å². The Labute approximate surface area is 153 Å². The van der Waals surface area contributed by atoms with E-state index in [0.717, 1.165) is 16.7 Å². The van der Waals surface area contributed by atoms with Crippen molar-refractivity contribution in [3.05, 3.63) is 93.5 Å². The summed E-state index contributed by atoms with van der Waals surface area (Å²) in [6.45, 7) is 5.87. The number of hydrogen-bond acceptors (Lipinski definition) is 3. The highest BCUT2D eigenvalue weighted by atomic mass is 31.2. The van der Waals surface area contributed by atoms with E-state index in [-0.39, 0.29) is 5.69 Å². The zero-order valence-corrected chi connectivity index (χ0v) is 15.9. The minimum Gasteiger partial charge on any atom is -0.309 e. The first-order valence-corrected chi connectivity index (χ1v) is 10.0. The Kier molecular flexibility index (Phi) is 4.80. The SMILES string of the molecule is Cc1cccc(P(=O)(c2cc(C)cc(C)c2)c2cccc([N+](=O)[O-])c2)c1. The molecule has 0 fully saturated rings. The van der Waals surface area contributed by atoms with Crippen molar-refractivity contribution in [3.63, 3.8) is 0 Å². The van der Waals surface area contributed by atoms with Crippen molar-refractivity contribution < 1.29 is 9.49 Å². The molecule has 0 bridgehead atoms. The van der Waals surface area contributed by atoms with Gasteiger partial charge in [0, 0.05) is 28.0 Å². The lowest BCUT2D eigenvalue weighted by Gasteiger charge is -2.21. The molecule has 1 unspecified atom stereocenters. The van der Waals surface area contributed by atoms with Gasteiger partial charge >= 0.3 is 0 Å². The Morgan fingerprint density at radius 2 is 1.27 bits per heavy atom. The lowest BCUT2D eigenvalue weighted by molar-refractivity contribution is -0.384. The summed E-state index contributed by atoms with van der Waals surface area (Å²) in [7, 11) is -3.23. The van der Waals surface area contributed by atoms with Crippen LogP contribution in [0.2, 0.25) is 0 Å². The maximum Gasteiger partial charge on any atom is 0.270 e. The molecule has 0 spiro atoms. The second-order valence-corrected chi connectivity index (χ2v) is 9.34. The van der Waals surface area contributed by atoms with Gasteiger partial charge in [-0.1, -0.05) is 53.1 Å². The molecule has 0 aliphatic carbocycles. The van der Waals surface area contributed by atoms with E-state index in [2.05, 4.69) is 0 Å². The maximum absolute atomic E-state index is 14.4. The minimum absolute atomic E-state index is 0.0558. The van der Waals surface area contributed by atoms with Gasteiger partial charge in [0.25, 0.3) is 5.69 Å². The van der Waals surface area contributed by atoms with Gasteiger partial charge in [-0.15, -0.1) is 0 Å². The summed E-state index contributed by atoms with van der Waals surface area (Å²) in [5.41, 5.74) is 2.97. The molecule has 0 aromatic heterocycles. The van der Waals surface area contributed by atoms with E-state index < -0.39 is 12.1 Å². The molecule has 0 saturated carbocycles. The van der Waals surface area contributed by atoms with Crippen molar-refractivity contribution in [2.75, 3.05) is 0 Å². The van der Waals surface area contributed by atoms with Crippen molar-refractivity contribution in [1.29, 1.82) is 0 Å². The van der Waals surface area contributed by atoms with Crippen molar-refractivity contribution >= 4 is 28.7 Å². The summed E-state index contributed by atoms with van der Waals surface area (Å²) in [5, 5.41) is 13.1.